The van der Waals surface area contributed by atoms with Crippen LogP contribution in [0.1, 0.15) is 26.2 Å². The van der Waals surface area contributed by atoms with E-state index in [4.69, 9.17) is 14.2 Å². The lowest BCUT2D eigenvalue weighted by Gasteiger charge is -2.36. The van der Waals surface area contributed by atoms with Gasteiger partial charge in [-0.2, -0.15) is 0 Å². The van der Waals surface area contributed by atoms with Crippen molar-refractivity contribution in [2.75, 3.05) is 38.3 Å². The van der Waals surface area contributed by atoms with Crippen LogP contribution in [0.2, 0.25) is 0 Å². The highest BCUT2D eigenvalue weighted by Crippen LogP contribution is 2.55. The molecule has 0 unspecified atom stereocenters. The minimum Gasteiger partial charge on any atom is -0.497 e. The molecule has 2 N–H and O–H groups in total. The maximum atomic E-state index is 14.5. The van der Waals surface area contributed by atoms with Crippen molar-refractivity contribution in [2.45, 2.75) is 50.0 Å². The molecule has 11 nitrogen and oxygen atoms in total. The number of methoxy groups -OCH3 is 1. The van der Waals surface area contributed by atoms with E-state index in [0.717, 1.165) is 0 Å². The quantitative estimate of drug-likeness (QED) is 0.407. The van der Waals surface area contributed by atoms with Crippen LogP contribution in [0.5, 0.6) is 5.75 Å². The van der Waals surface area contributed by atoms with Gasteiger partial charge in [-0.25, -0.2) is 0 Å². The van der Waals surface area contributed by atoms with E-state index < -0.39 is 41.7 Å². The normalized spacial score (nSPS) is 33.1. The molecule has 214 valence electrons. The number of allylic oxidation sites excluding steroid dienone is 1. The molecule has 2 saturated heterocycles. The molecule has 1 spiro atoms. The zero-order valence-corrected chi connectivity index (χ0v) is 22.7. The molecule has 0 aromatic heterocycles. The summed E-state index contributed by atoms with van der Waals surface area (Å²) in [5.74, 6) is -2.81. The number of amides is 3. The van der Waals surface area contributed by atoms with E-state index in [9.17, 15) is 24.3 Å². The first-order chi connectivity index (χ1) is 19.3. The Balaban J connectivity index is 1.57. The zero-order chi connectivity index (χ0) is 28.4. The fraction of sp³-hybridized carbons (Fsp3) is 0.517. The van der Waals surface area contributed by atoms with Crippen molar-refractivity contribution >= 4 is 29.4 Å². The van der Waals surface area contributed by atoms with Crippen molar-refractivity contribution in [3.63, 3.8) is 0 Å². The fourth-order valence-corrected chi connectivity index (χ4v) is 6.11. The molecule has 0 radical (unpaired) electrons. The molecule has 6 atom stereocenters. The Morgan fingerprint density at radius 1 is 1.12 bits per heavy atom. The van der Waals surface area contributed by atoms with Crippen LogP contribution in [0.3, 0.4) is 0 Å². The third-order valence-electron chi connectivity index (χ3n) is 7.98. The molecule has 4 heterocycles. The Kier molecular flexibility index (Phi) is 7.95. The Bertz CT molecular complexity index is 1210. The second-order valence-electron chi connectivity index (χ2n) is 10.5. The van der Waals surface area contributed by atoms with Crippen molar-refractivity contribution < 1.29 is 38.5 Å². The summed E-state index contributed by atoms with van der Waals surface area (Å²) in [4.78, 5) is 57.1. The Morgan fingerprint density at radius 2 is 1.90 bits per heavy atom. The van der Waals surface area contributed by atoms with Crippen molar-refractivity contribution in [1.82, 2.24) is 10.2 Å². The third-order valence-corrected chi connectivity index (χ3v) is 7.98. The molecule has 40 heavy (non-hydrogen) atoms. The minimum atomic E-state index is -1.35. The average molecular weight is 554 g/mol. The number of nitrogens with zero attached hydrogens (tertiary/aromatic N) is 2. The summed E-state index contributed by atoms with van der Waals surface area (Å²) in [6.45, 7) is 1.96. The van der Waals surface area contributed by atoms with Crippen LogP contribution in [0.15, 0.2) is 48.6 Å². The monoisotopic (exact) mass is 553 g/mol. The molecular formula is C29H35N3O8. The maximum absolute atomic E-state index is 14.5. The van der Waals surface area contributed by atoms with Gasteiger partial charge in [0.25, 0.3) is 5.91 Å². The van der Waals surface area contributed by atoms with Gasteiger partial charge in [-0.05, 0) is 44.0 Å². The van der Waals surface area contributed by atoms with E-state index in [-0.39, 0.29) is 56.8 Å². The maximum Gasteiger partial charge on any atom is 0.313 e. The molecule has 1 aromatic carbocycles. The number of carbonyl (C=O) groups excluding carboxylic acids is 4. The van der Waals surface area contributed by atoms with Gasteiger partial charge in [0, 0.05) is 31.8 Å². The summed E-state index contributed by atoms with van der Waals surface area (Å²) in [6.07, 6.45) is 6.75. The van der Waals surface area contributed by atoms with E-state index in [1.165, 1.54) is 4.90 Å². The van der Waals surface area contributed by atoms with Gasteiger partial charge in [-0.1, -0.05) is 24.3 Å². The molecule has 2 fully saturated rings. The van der Waals surface area contributed by atoms with Gasteiger partial charge in [0.15, 0.2) is 0 Å². The van der Waals surface area contributed by atoms with Gasteiger partial charge < -0.3 is 34.4 Å². The summed E-state index contributed by atoms with van der Waals surface area (Å²) in [7, 11) is 1.55. The highest BCUT2D eigenvalue weighted by Gasteiger charge is 2.73. The Labute approximate surface area is 232 Å². The zero-order valence-electron chi connectivity index (χ0n) is 22.7. The lowest BCUT2D eigenvalue weighted by Crippen LogP contribution is -2.56. The predicted octanol–water partition coefficient (Wildman–Crippen LogP) is 0.959. The molecule has 5 bridgehead atoms. The average Bonchev–Trinajstić information content (AvgIpc) is 3.59. The smallest absolute Gasteiger partial charge is 0.313 e. The first-order valence-corrected chi connectivity index (χ1v) is 13.7. The number of aliphatic hydroxyl groups excluding tert-OH is 1. The number of rotatable bonds is 5. The molecule has 11 heteroatoms. The van der Waals surface area contributed by atoms with E-state index >= 15 is 0 Å². The van der Waals surface area contributed by atoms with Crippen molar-refractivity contribution in [1.29, 1.82) is 0 Å². The molecule has 0 aliphatic carbocycles. The Morgan fingerprint density at radius 3 is 2.62 bits per heavy atom. The number of aliphatic hydroxyl groups is 1. The molecule has 5 rings (SSSR count). The number of esters is 1. The summed E-state index contributed by atoms with van der Waals surface area (Å²) >= 11 is 0. The van der Waals surface area contributed by atoms with Gasteiger partial charge >= 0.3 is 5.97 Å². The number of anilines is 1. The standard InChI is InChI=1S/C29H35N3O8/c1-18-17-30-22(34)7-4-3-5-14-31(19-8-10-20(38-2)11-9-19)27(36)25-29-13-12-21(40-29)23(28(37)39-18)24(29)26(35)32(25)15-6-16-33/h3,5,8-13,18,21,23-25,33H,4,6-7,14-17H2,1-2H3,(H,30,34)/b5-3-/t18-,21+,23-,24-,25+,29-/m1/s1. The first kappa shape index (κ1) is 27.9. The molecule has 4 aliphatic rings. The fourth-order valence-electron chi connectivity index (χ4n) is 6.11. The number of cyclic esters (lactones) is 1. The molecule has 4 aliphatic heterocycles. The minimum absolute atomic E-state index is 0.127. The van der Waals surface area contributed by atoms with E-state index in [2.05, 4.69) is 5.32 Å². The predicted molar refractivity (Wildman–Crippen MR) is 143 cm³/mol. The van der Waals surface area contributed by atoms with Crippen LogP contribution in [0.4, 0.5) is 5.69 Å². The SMILES string of the molecule is COc1ccc(N2C/C=C\CCC(=O)NC[C@@H](C)OC(=O)[C@@H]3[C@@H]4C=C[C@]5(O4)[C@H](C2=O)N(CCCO)C(=O)[C@@H]35)cc1. The second-order valence-corrected chi connectivity index (χ2v) is 10.5. The van der Waals surface area contributed by atoms with Crippen LogP contribution < -0.4 is 15.0 Å². The molecule has 3 amide bonds. The van der Waals surface area contributed by atoms with E-state index in [1.807, 2.05) is 12.2 Å². The lowest BCUT2D eigenvalue weighted by molar-refractivity contribution is -0.158. The van der Waals surface area contributed by atoms with Gasteiger partial charge in [-0.15, -0.1) is 0 Å². The summed E-state index contributed by atoms with van der Waals surface area (Å²) in [5.41, 5.74) is -0.764. The molecule has 0 saturated carbocycles. The lowest BCUT2D eigenvalue weighted by atomic mass is 9.74. The topological polar surface area (TPSA) is 135 Å². The number of hydrogen-bond acceptors (Lipinski definition) is 8. The summed E-state index contributed by atoms with van der Waals surface area (Å²) < 4.78 is 17.3. The van der Waals surface area contributed by atoms with Gasteiger partial charge in [0.1, 0.15) is 29.4 Å². The van der Waals surface area contributed by atoms with Crippen molar-refractivity contribution in [3.8, 4) is 5.75 Å². The summed E-state index contributed by atoms with van der Waals surface area (Å²) in [5, 5.41) is 12.3. The number of benzene rings is 1. The third kappa shape index (κ3) is 4.88. The van der Waals surface area contributed by atoms with Crippen LogP contribution in [-0.4, -0.2) is 90.9 Å². The molecular weight excluding hydrogens is 518 g/mol. The van der Waals surface area contributed by atoms with E-state index in [1.54, 1.807) is 55.4 Å². The number of carbonyl (C=O) groups is 4. The second kappa shape index (κ2) is 11.4. The van der Waals surface area contributed by atoms with Crippen LogP contribution in [-0.2, 0) is 28.7 Å². The number of nitrogens with one attached hydrogen (secondary N) is 1. The van der Waals surface area contributed by atoms with Crippen LogP contribution >= 0.6 is 0 Å². The number of likely N-dealkylation sites (tertiary alicyclic amines) is 1. The number of fused-ring (bicyclic) bond motifs is 2. The first-order valence-electron chi connectivity index (χ1n) is 13.7. The van der Waals surface area contributed by atoms with Gasteiger partial charge in [-0.3, -0.25) is 19.2 Å². The highest BCUT2D eigenvalue weighted by molar-refractivity contribution is 6.05. The van der Waals surface area contributed by atoms with Crippen molar-refractivity contribution in [2.24, 2.45) is 11.8 Å². The van der Waals surface area contributed by atoms with Gasteiger partial charge in [0.05, 0.1) is 25.7 Å². The van der Waals surface area contributed by atoms with E-state index in [0.29, 0.717) is 17.9 Å². The highest BCUT2D eigenvalue weighted by atomic mass is 16.6. The Hall–Kier alpha value is -3.70. The molecule has 1 aromatic rings. The van der Waals surface area contributed by atoms with Crippen molar-refractivity contribution in [3.05, 3.63) is 48.6 Å². The van der Waals surface area contributed by atoms with Crippen LogP contribution in [0.25, 0.3) is 0 Å². The largest absolute Gasteiger partial charge is 0.497 e. The summed E-state index contributed by atoms with van der Waals surface area (Å²) in [6, 6.07) is 5.95. The number of hydrogen-bond donors (Lipinski definition) is 2. The van der Waals surface area contributed by atoms with Gasteiger partial charge in [0.2, 0.25) is 11.8 Å². The number of ether oxygens (including phenoxy) is 3. The van der Waals surface area contributed by atoms with Crippen LogP contribution in [0, 0.1) is 11.8 Å².